The van der Waals surface area contributed by atoms with Crippen molar-refractivity contribution in [3.05, 3.63) is 58.8 Å². The molecular formula is C22H25N3O3S. The fourth-order valence-corrected chi connectivity index (χ4v) is 4.63. The first-order valence-corrected chi connectivity index (χ1v) is 11.0. The number of benzene rings is 1. The second-order valence-electron chi connectivity index (χ2n) is 7.49. The summed E-state index contributed by atoms with van der Waals surface area (Å²) < 4.78 is 7.03. The molecule has 1 aromatic carbocycles. The van der Waals surface area contributed by atoms with Crippen LogP contribution in [-0.4, -0.2) is 26.8 Å². The van der Waals surface area contributed by atoms with E-state index >= 15 is 0 Å². The molecule has 2 aromatic heterocycles. The Hall–Kier alpha value is -2.54. The van der Waals surface area contributed by atoms with E-state index in [9.17, 15) is 9.59 Å². The number of carbonyl (C=O) groups is 1. The Morgan fingerprint density at radius 1 is 1.24 bits per heavy atom. The molecule has 1 unspecified atom stereocenters. The molecule has 1 aliphatic carbocycles. The van der Waals surface area contributed by atoms with Gasteiger partial charge in [0.1, 0.15) is 5.76 Å². The maximum atomic E-state index is 13.1. The second kappa shape index (κ2) is 8.86. The molecular weight excluding hydrogens is 386 g/mol. The predicted molar refractivity (Wildman–Crippen MR) is 114 cm³/mol. The van der Waals surface area contributed by atoms with Crippen LogP contribution in [0.25, 0.3) is 10.9 Å². The van der Waals surface area contributed by atoms with E-state index in [2.05, 4.69) is 10.3 Å². The Morgan fingerprint density at radius 3 is 2.79 bits per heavy atom. The van der Waals surface area contributed by atoms with Gasteiger partial charge in [-0.05, 0) is 44.0 Å². The van der Waals surface area contributed by atoms with Crippen molar-refractivity contribution in [1.29, 1.82) is 0 Å². The number of carbonyl (C=O) groups excluding carboxylic acids is 1. The molecule has 3 aromatic rings. The first kappa shape index (κ1) is 19.8. The van der Waals surface area contributed by atoms with Crippen LogP contribution in [0.1, 0.15) is 44.8 Å². The standard InChI is InChI=1S/C22H25N3O3S/c1-15(20(26)23-16-8-3-2-4-9-16)29-22-24-19-12-6-5-11-18(19)21(27)25(22)14-17-10-7-13-28-17/h5-7,10-13,15-16H,2-4,8-9,14H2,1H3,(H,23,26). The Balaban J connectivity index is 1.60. The van der Waals surface area contributed by atoms with E-state index in [0.29, 0.717) is 21.8 Å². The van der Waals surface area contributed by atoms with E-state index in [1.165, 1.54) is 31.0 Å². The van der Waals surface area contributed by atoms with Crippen molar-refractivity contribution in [2.75, 3.05) is 0 Å². The molecule has 1 N–H and O–H groups in total. The van der Waals surface area contributed by atoms with E-state index < -0.39 is 0 Å². The van der Waals surface area contributed by atoms with Crippen LogP contribution in [-0.2, 0) is 11.3 Å². The SMILES string of the molecule is CC(Sc1nc2ccccc2c(=O)n1Cc1ccco1)C(=O)NC1CCCCC1. The van der Waals surface area contributed by atoms with Crippen molar-refractivity contribution in [2.45, 2.75) is 62.0 Å². The normalized spacial score (nSPS) is 16.0. The monoisotopic (exact) mass is 411 g/mol. The smallest absolute Gasteiger partial charge is 0.262 e. The van der Waals surface area contributed by atoms with Gasteiger partial charge in [-0.15, -0.1) is 0 Å². The number of nitrogens with one attached hydrogen (secondary N) is 1. The quantitative estimate of drug-likeness (QED) is 0.491. The lowest BCUT2D eigenvalue weighted by atomic mass is 9.95. The predicted octanol–water partition coefficient (Wildman–Crippen LogP) is 3.97. The van der Waals surface area contributed by atoms with Crippen LogP contribution in [0.15, 0.2) is 57.0 Å². The highest BCUT2D eigenvalue weighted by Crippen LogP contribution is 2.24. The second-order valence-corrected chi connectivity index (χ2v) is 8.79. The number of aromatic nitrogens is 2. The van der Waals surface area contributed by atoms with Gasteiger partial charge in [0.15, 0.2) is 5.16 Å². The Kier molecular flexibility index (Phi) is 6.04. The molecule has 2 heterocycles. The Morgan fingerprint density at radius 2 is 2.03 bits per heavy atom. The van der Waals surface area contributed by atoms with Gasteiger partial charge in [-0.25, -0.2) is 4.98 Å². The first-order valence-electron chi connectivity index (χ1n) is 10.1. The van der Waals surface area contributed by atoms with Gasteiger partial charge in [-0.1, -0.05) is 43.2 Å². The number of rotatable bonds is 6. The van der Waals surface area contributed by atoms with E-state index in [1.54, 1.807) is 23.0 Å². The summed E-state index contributed by atoms with van der Waals surface area (Å²) in [6, 6.07) is 11.2. The molecule has 1 atom stereocenters. The van der Waals surface area contributed by atoms with Crippen molar-refractivity contribution in [1.82, 2.24) is 14.9 Å². The molecule has 0 bridgehead atoms. The van der Waals surface area contributed by atoms with E-state index in [-0.39, 0.29) is 29.3 Å². The van der Waals surface area contributed by atoms with Gasteiger partial charge in [0.2, 0.25) is 5.91 Å². The van der Waals surface area contributed by atoms with E-state index in [0.717, 1.165) is 12.8 Å². The van der Waals surface area contributed by atoms with Gasteiger partial charge in [0.25, 0.3) is 5.56 Å². The number of hydrogen-bond donors (Lipinski definition) is 1. The fraction of sp³-hybridized carbons (Fsp3) is 0.409. The number of thioether (sulfide) groups is 1. The molecule has 0 aliphatic heterocycles. The summed E-state index contributed by atoms with van der Waals surface area (Å²) >= 11 is 1.32. The summed E-state index contributed by atoms with van der Waals surface area (Å²) in [4.78, 5) is 30.5. The van der Waals surface area contributed by atoms with E-state index in [4.69, 9.17) is 4.42 Å². The summed E-state index contributed by atoms with van der Waals surface area (Å²) in [6.07, 6.45) is 7.25. The van der Waals surface area contributed by atoms with Crippen LogP contribution in [0.2, 0.25) is 0 Å². The Bertz CT molecular complexity index is 1040. The number of amides is 1. The van der Waals surface area contributed by atoms with Crippen molar-refractivity contribution in [2.24, 2.45) is 0 Å². The summed E-state index contributed by atoms with van der Waals surface area (Å²) in [5, 5.41) is 3.89. The third-order valence-corrected chi connectivity index (χ3v) is 6.41. The topological polar surface area (TPSA) is 77.1 Å². The highest BCUT2D eigenvalue weighted by molar-refractivity contribution is 8.00. The number of furan rings is 1. The van der Waals surface area contributed by atoms with Crippen LogP contribution in [0.4, 0.5) is 0 Å². The largest absolute Gasteiger partial charge is 0.467 e. The lowest BCUT2D eigenvalue weighted by Gasteiger charge is -2.24. The molecule has 152 valence electrons. The zero-order valence-corrected chi connectivity index (χ0v) is 17.3. The van der Waals surface area contributed by atoms with Crippen LogP contribution < -0.4 is 10.9 Å². The zero-order valence-electron chi connectivity index (χ0n) is 16.5. The first-order chi connectivity index (χ1) is 14.1. The van der Waals surface area contributed by atoms with Gasteiger partial charge in [0.05, 0.1) is 29.0 Å². The molecule has 0 saturated heterocycles. The lowest BCUT2D eigenvalue weighted by molar-refractivity contribution is -0.121. The maximum absolute atomic E-state index is 13.1. The Labute approximate surface area is 173 Å². The molecule has 1 fully saturated rings. The fourth-order valence-electron chi connectivity index (χ4n) is 3.71. The molecule has 29 heavy (non-hydrogen) atoms. The van der Waals surface area contributed by atoms with Crippen molar-refractivity contribution in [3.8, 4) is 0 Å². The molecule has 1 aliphatic rings. The summed E-state index contributed by atoms with van der Waals surface area (Å²) in [6.45, 7) is 2.14. The van der Waals surface area contributed by atoms with Crippen LogP contribution in [0, 0.1) is 0 Å². The number of hydrogen-bond acceptors (Lipinski definition) is 5. The van der Waals surface area contributed by atoms with Gasteiger partial charge in [0, 0.05) is 6.04 Å². The van der Waals surface area contributed by atoms with Crippen molar-refractivity contribution in [3.63, 3.8) is 0 Å². The van der Waals surface area contributed by atoms with Crippen molar-refractivity contribution < 1.29 is 9.21 Å². The summed E-state index contributed by atoms with van der Waals surface area (Å²) in [5.41, 5.74) is 0.505. The highest BCUT2D eigenvalue weighted by atomic mass is 32.2. The van der Waals surface area contributed by atoms with Gasteiger partial charge < -0.3 is 9.73 Å². The molecule has 0 spiro atoms. The third-order valence-electron chi connectivity index (χ3n) is 5.32. The van der Waals surface area contributed by atoms with Crippen molar-refractivity contribution >= 4 is 28.6 Å². The van der Waals surface area contributed by atoms with Crippen LogP contribution >= 0.6 is 11.8 Å². The summed E-state index contributed by atoms with van der Waals surface area (Å²) in [5.74, 6) is 0.666. The molecule has 1 amide bonds. The highest BCUT2D eigenvalue weighted by Gasteiger charge is 2.23. The minimum absolute atomic E-state index is 0.00569. The molecule has 0 radical (unpaired) electrons. The van der Waals surface area contributed by atoms with Crippen LogP contribution in [0.5, 0.6) is 0 Å². The summed E-state index contributed by atoms with van der Waals surface area (Å²) in [7, 11) is 0. The molecule has 4 rings (SSSR count). The maximum Gasteiger partial charge on any atom is 0.262 e. The average molecular weight is 412 g/mol. The minimum atomic E-state index is -0.354. The van der Waals surface area contributed by atoms with Gasteiger partial charge >= 0.3 is 0 Å². The van der Waals surface area contributed by atoms with Crippen LogP contribution in [0.3, 0.4) is 0 Å². The molecule has 1 saturated carbocycles. The van der Waals surface area contributed by atoms with E-state index in [1.807, 2.05) is 31.2 Å². The number of para-hydroxylation sites is 1. The third kappa shape index (κ3) is 4.56. The molecule has 6 nitrogen and oxygen atoms in total. The van der Waals surface area contributed by atoms with Gasteiger partial charge in [-0.2, -0.15) is 0 Å². The zero-order chi connectivity index (χ0) is 20.2. The lowest BCUT2D eigenvalue weighted by Crippen LogP contribution is -2.40. The van der Waals surface area contributed by atoms with Gasteiger partial charge in [-0.3, -0.25) is 14.2 Å². The number of fused-ring (bicyclic) bond motifs is 1. The minimum Gasteiger partial charge on any atom is -0.467 e. The number of nitrogens with zero attached hydrogens (tertiary/aromatic N) is 2. The molecule has 7 heteroatoms. The average Bonchev–Trinajstić information content (AvgIpc) is 3.25.